The van der Waals surface area contributed by atoms with E-state index in [1.807, 2.05) is 6.92 Å². The fourth-order valence-electron chi connectivity index (χ4n) is 1.32. The maximum atomic E-state index is 6.05. The lowest BCUT2D eigenvalue weighted by Crippen LogP contribution is -1.92. The molecule has 0 aliphatic heterocycles. The van der Waals surface area contributed by atoms with Gasteiger partial charge in [-0.15, -0.1) is 0 Å². The first-order valence-corrected chi connectivity index (χ1v) is 5.07. The fraction of sp³-hybridized carbons (Fsp3) is 0.182. The number of hydrogen-bond acceptors (Lipinski definition) is 4. The summed E-state index contributed by atoms with van der Waals surface area (Å²) in [5.74, 6) is 0.503. The predicted octanol–water partition coefficient (Wildman–Crippen LogP) is 2.51. The molecule has 0 fully saturated rings. The number of halogens is 1. The predicted molar refractivity (Wildman–Crippen MR) is 61.6 cm³/mol. The number of aryl methyl sites for hydroxylation is 1. The Morgan fingerprint density at radius 2 is 2.06 bits per heavy atom. The molecule has 0 radical (unpaired) electrons. The van der Waals surface area contributed by atoms with Gasteiger partial charge in [0.25, 0.3) is 0 Å². The molecule has 16 heavy (non-hydrogen) atoms. The smallest absolute Gasteiger partial charge is 0.213 e. The second-order valence-electron chi connectivity index (χ2n) is 3.25. The summed E-state index contributed by atoms with van der Waals surface area (Å²) in [4.78, 5) is 12.4. The number of rotatable bonds is 2. The van der Waals surface area contributed by atoms with Crippen LogP contribution in [0.25, 0.3) is 11.3 Å². The van der Waals surface area contributed by atoms with Gasteiger partial charge in [-0.1, -0.05) is 11.6 Å². The molecule has 0 N–H and O–H groups in total. The van der Waals surface area contributed by atoms with Crippen LogP contribution in [-0.2, 0) is 0 Å². The third kappa shape index (κ3) is 2.12. The van der Waals surface area contributed by atoms with Crippen molar-refractivity contribution in [2.45, 2.75) is 6.92 Å². The zero-order valence-electron chi connectivity index (χ0n) is 8.94. The quantitative estimate of drug-likeness (QED) is 0.803. The molecule has 4 nitrogen and oxygen atoms in total. The Morgan fingerprint density at radius 3 is 2.75 bits per heavy atom. The number of aromatic nitrogens is 3. The summed E-state index contributed by atoms with van der Waals surface area (Å²) >= 11 is 6.05. The Morgan fingerprint density at radius 1 is 1.25 bits per heavy atom. The molecule has 0 saturated carbocycles. The molecule has 0 spiro atoms. The molecular formula is C11H10ClN3O. The lowest BCUT2D eigenvalue weighted by molar-refractivity contribution is 0.398. The SMILES string of the molecule is COc1cc(-c2cncc(C)n2)c(Cl)cn1. The molecule has 0 aliphatic rings. The molecule has 2 rings (SSSR count). The standard InChI is InChI=1S/C11H10ClN3O/c1-7-4-13-6-10(15-7)8-3-11(16-2)14-5-9(8)12/h3-6H,1-2H3. The number of methoxy groups -OCH3 is 1. The molecule has 0 bridgehead atoms. The minimum Gasteiger partial charge on any atom is -0.481 e. The van der Waals surface area contributed by atoms with E-state index in [1.54, 1.807) is 31.8 Å². The van der Waals surface area contributed by atoms with Crippen molar-refractivity contribution in [3.8, 4) is 17.1 Å². The zero-order valence-corrected chi connectivity index (χ0v) is 9.69. The van der Waals surface area contributed by atoms with Gasteiger partial charge in [0, 0.05) is 17.8 Å². The summed E-state index contributed by atoms with van der Waals surface area (Å²) in [6.45, 7) is 1.88. The average Bonchev–Trinajstić information content (AvgIpc) is 2.30. The molecule has 2 heterocycles. The van der Waals surface area contributed by atoms with Gasteiger partial charge in [-0.05, 0) is 6.92 Å². The maximum absolute atomic E-state index is 6.05. The molecule has 82 valence electrons. The van der Waals surface area contributed by atoms with Crippen molar-refractivity contribution < 1.29 is 4.74 Å². The monoisotopic (exact) mass is 235 g/mol. The van der Waals surface area contributed by atoms with Crippen LogP contribution in [0.2, 0.25) is 5.02 Å². The first-order valence-electron chi connectivity index (χ1n) is 4.69. The second-order valence-corrected chi connectivity index (χ2v) is 3.66. The Kier molecular flexibility index (Phi) is 3.01. The number of pyridine rings is 1. The average molecular weight is 236 g/mol. The normalized spacial score (nSPS) is 10.2. The first-order chi connectivity index (χ1) is 7.70. The summed E-state index contributed by atoms with van der Waals surface area (Å²) < 4.78 is 5.04. The maximum Gasteiger partial charge on any atom is 0.213 e. The van der Waals surface area contributed by atoms with Crippen molar-refractivity contribution in [3.05, 3.63) is 35.4 Å². The largest absolute Gasteiger partial charge is 0.481 e. The highest BCUT2D eigenvalue weighted by atomic mass is 35.5. The molecule has 0 unspecified atom stereocenters. The van der Waals surface area contributed by atoms with E-state index in [0.717, 1.165) is 11.3 Å². The van der Waals surface area contributed by atoms with E-state index in [2.05, 4.69) is 15.0 Å². The summed E-state index contributed by atoms with van der Waals surface area (Å²) in [5, 5.41) is 0.528. The highest BCUT2D eigenvalue weighted by Crippen LogP contribution is 2.27. The lowest BCUT2D eigenvalue weighted by atomic mass is 10.2. The first kappa shape index (κ1) is 10.8. The highest BCUT2D eigenvalue weighted by molar-refractivity contribution is 6.33. The van der Waals surface area contributed by atoms with E-state index < -0.39 is 0 Å². The third-order valence-electron chi connectivity index (χ3n) is 2.07. The van der Waals surface area contributed by atoms with E-state index in [-0.39, 0.29) is 0 Å². The zero-order chi connectivity index (χ0) is 11.5. The fourth-order valence-corrected chi connectivity index (χ4v) is 1.52. The molecule has 5 heteroatoms. The summed E-state index contributed by atoms with van der Waals surface area (Å²) in [7, 11) is 1.56. The number of hydrogen-bond donors (Lipinski definition) is 0. The summed E-state index contributed by atoms with van der Waals surface area (Å²) in [5.41, 5.74) is 2.32. The van der Waals surface area contributed by atoms with Crippen molar-refractivity contribution in [1.29, 1.82) is 0 Å². The lowest BCUT2D eigenvalue weighted by Gasteiger charge is -2.05. The van der Waals surface area contributed by atoms with Crippen molar-refractivity contribution in [3.63, 3.8) is 0 Å². The van der Waals surface area contributed by atoms with Crippen molar-refractivity contribution >= 4 is 11.6 Å². The Balaban J connectivity index is 2.54. The number of ether oxygens (including phenoxy) is 1. The third-order valence-corrected chi connectivity index (χ3v) is 2.37. The summed E-state index contributed by atoms with van der Waals surface area (Å²) in [6.07, 6.45) is 4.89. The van der Waals surface area contributed by atoms with Crippen LogP contribution in [0.5, 0.6) is 5.88 Å². The molecule has 0 amide bonds. The Labute approximate surface area is 98.3 Å². The van der Waals surface area contributed by atoms with E-state index in [4.69, 9.17) is 16.3 Å². The Hall–Kier alpha value is -1.68. The topological polar surface area (TPSA) is 47.9 Å². The second kappa shape index (κ2) is 4.45. The van der Waals surface area contributed by atoms with E-state index in [0.29, 0.717) is 16.6 Å². The molecule has 2 aromatic heterocycles. The molecular weight excluding hydrogens is 226 g/mol. The Bertz CT molecular complexity index is 516. The molecule has 0 aliphatic carbocycles. The van der Waals surface area contributed by atoms with Crippen LogP contribution in [-0.4, -0.2) is 22.1 Å². The van der Waals surface area contributed by atoms with Gasteiger partial charge in [0.2, 0.25) is 5.88 Å². The van der Waals surface area contributed by atoms with Gasteiger partial charge in [-0.3, -0.25) is 4.98 Å². The van der Waals surface area contributed by atoms with Crippen LogP contribution in [0.1, 0.15) is 5.69 Å². The van der Waals surface area contributed by atoms with Gasteiger partial charge >= 0.3 is 0 Å². The molecule has 0 aromatic carbocycles. The van der Waals surface area contributed by atoms with Crippen LogP contribution in [0, 0.1) is 6.92 Å². The van der Waals surface area contributed by atoms with Gasteiger partial charge in [-0.2, -0.15) is 0 Å². The van der Waals surface area contributed by atoms with Crippen LogP contribution in [0.4, 0.5) is 0 Å². The van der Waals surface area contributed by atoms with E-state index in [9.17, 15) is 0 Å². The van der Waals surface area contributed by atoms with Gasteiger partial charge < -0.3 is 4.74 Å². The molecule has 0 saturated heterocycles. The minimum absolute atomic E-state index is 0.503. The van der Waals surface area contributed by atoms with Gasteiger partial charge in [0.15, 0.2) is 0 Å². The van der Waals surface area contributed by atoms with Gasteiger partial charge in [0.1, 0.15) is 0 Å². The van der Waals surface area contributed by atoms with Crippen LogP contribution < -0.4 is 4.74 Å². The van der Waals surface area contributed by atoms with Crippen LogP contribution >= 0.6 is 11.6 Å². The minimum atomic E-state index is 0.503. The van der Waals surface area contributed by atoms with E-state index in [1.165, 1.54) is 0 Å². The highest BCUT2D eigenvalue weighted by Gasteiger charge is 2.08. The van der Waals surface area contributed by atoms with Gasteiger partial charge in [0.05, 0.1) is 35.9 Å². The van der Waals surface area contributed by atoms with E-state index >= 15 is 0 Å². The van der Waals surface area contributed by atoms with Crippen molar-refractivity contribution in [2.75, 3.05) is 7.11 Å². The van der Waals surface area contributed by atoms with Crippen LogP contribution in [0.3, 0.4) is 0 Å². The summed E-state index contributed by atoms with van der Waals surface area (Å²) in [6, 6.07) is 1.74. The van der Waals surface area contributed by atoms with Crippen molar-refractivity contribution in [2.24, 2.45) is 0 Å². The molecule has 0 atom stereocenters. The van der Waals surface area contributed by atoms with Crippen molar-refractivity contribution in [1.82, 2.24) is 15.0 Å². The van der Waals surface area contributed by atoms with Crippen LogP contribution in [0.15, 0.2) is 24.7 Å². The molecule has 2 aromatic rings. The van der Waals surface area contributed by atoms with Gasteiger partial charge in [-0.25, -0.2) is 9.97 Å². The number of nitrogens with zero attached hydrogens (tertiary/aromatic N) is 3.